The van der Waals surface area contributed by atoms with Crippen molar-refractivity contribution in [2.24, 2.45) is 0 Å². The third-order valence-electron chi connectivity index (χ3n) is 5.21. The molecule has 1 amide bonds. The summed E-state index contributed by atoms with van der Waals surface area (Å²) in [5, 5.41) is 6.09. The van der Waals surface area contributed by atoms with Gasteiger partial charge in [0.25, 0.3) is 5.91 Å². The zero-order valence-corrected chi connectivity index (χ0v) is 17.6. The molecule has 1 aliphatic carbocycles. The molecule has 0 spiro atoms. The summed E-state index contributed by atoms with van der Waals surface area (Å²) in [6.07, 6.45) is -2.75. The fourth-order valence-corrected chi connectivity index (χ4v) is 4.25. The number of carbonyl (C=O) groups excluding carboxylic acids is 1. The number of hydrogen-bond acceptors (Lipinski definition) is 4. The van der Waals surface area contributed by atoms with Crippen molar-refractivity contribution in [1.29, 1.82) is 0 Å². The second kappa shape index (κ2) is 7.46. The number of aryl methyl sites for hydroxylation is 1. The van der Waals surface area contributed by atoms with Gasteiger partial charge in [-0.25, -0.2) is 14.5 Å². The maximum absolute atomic E-state index is 14.2. The first-order chi connectivity index (χ1) is 15.3. The lowest BCUT2D eigenvalue weighted by molar-refractivity contribution is -0.143. The van der Waals surface area contributed by atoms with Gasteiger partial charge in [0.05, 0.1) is 11.4 Å². The average Bonchev–Trinajstić information content (AvgIpc) is 3.09. The number of halogens is 5. The zero-order valence-electron chi connectivity index (χ0n) is 16.0. The van der Waals surface area contributed by atoms with Crippen LogP contribution in [0.15, 0.2) is 42.6 Å². The Morgan fingerprint density at radius 2 is 1.88 bits per heavy atom. The first kappa shape index (κ1) is 20.7. The molecule has 1 aliphatic rings. The molecule has 0 bridgehead atoms. The van der Waals surface area contributed by atoms with Crippen molar-refractivity contribution < 1.29 is 18.0 Å². The molecule has 1 aromatic carbocycles. The van der Waals surface area contributed by atoms with E-state index in [4.69, 9.17) is 23.2 Å². The predicted molar refractivity (Wildman–Crippen MR) is 113 cm³/mol. The topological polar surface area (TPSA) is 72.2 Å². The largest absolute Gasteiger partial charge is 0.433 e. The molecule has 0 saturated carbocycles. The first-order valence-electron chi connectivity index (χ1n) is 9.44. The molecule has 0 saturated heterocycles. The molecule has 0 unspecified atom stereocenters. The van der Waals surface area contributed by atoms with Gasteiger partial charge in [-0.1, -0.05) is 47.5 Å². The van der Waals surface area contributed by atoms with Crippen molar-refractivity contribution in [3.63, 3.8) is 0 Å². The Bertz CT molecular complexity index is 1400. The van der Waals surface area contributed by atoms with E-state index in [0.29, 0.717) is 16.5 Å². The number of amides is 1. The molecule has 6 nitrogen and oxygen atoms in total. The van der Waals surface area contributed by atoms with E-state index < -0.39 is 23.5 Å². The van der Waals surface area contributed by atoms with Gasteiger partial charge < -0.3 is 5.32 Å². The van der Waals surface area contributed by atoms with Crippen molar-refractivity contribution in [2.75, 3.05) is 5.32 Å². The summed E-state index contributed by atoms with van der Waals surface area (Å²) in [5.41, 5.74) is 0.229. The van der Waals surface area contributed by atoms with Crippen LogP contribution < -0.4 is 5.32 Å². The standard InChI is InChI=1S/C21H12Cl2F3N5O/c22-14-16(20(32)28-13-6-3-9-27-18(13)23)30-31-17(21(24,25)26)12-8-7-10-4-1-2-5-11(10)15(12)29-19(14)31/h1-6,9H,7-8H2,(H,28,32). The minimum Gasteiger partial charge on any atom is -0.318 e. The van der Waals surface area contributed by atoms with Gasteiger partial charge in [0, 0.05) is 17.3 Å². The van der Waals surface area contributed by atoms with Crippen LogP contribution in [-0.2, 0) is 19.0 Å². The molecule has 162 valence electrons. The van der Waals surface area contributed by atoms with Crippen molar-refractivity contribution >= 4 is 40.4 Å². The van der Waals surface area contributed by atoms with Crippen LogP contribution in [0.2, 0.25) is 10.2 Å². The lowest BCUT2D eigenvalue weighted by Gasteiger charge is -2.23. The number of hydrogen-bond donors (Lipinski definition) is 1. The molecule has 32 heavy (non-hydrogen) atoms. The van der Waals surface area contributed by atoms with E-state index in [1.165, 1.54) is 12.3 Å². The second-order valence-electron chi connectivity index (χ2n) is 7.14. The number of aromatic nitrogens is 4. The van der Waals surface area contributed by atoms with Crippen LogP contribution in [0.25, 0.3) is 16.9 Å². The monoisotopic (exact) mass is 477 g/mol. The number of pyridine rings is 1. The van der Waals surface area contributed by atoms with Crippen molar-refractivity contribution in [2.45, 2.75) is 19.0 Å². The fraction of sp³-hybridized carbons (Fsp3) is 0.143. The Kier molecular flexibility index (Phi) is 4.83. The van der Waals surface area contributed by atoms with E-state index in [1.54, 1.807) is 18.2 Å². The van der Waals surface area contributed by atoms with E-state index in [-0.39, 0.29) is 39.2 Å². The van der Waals surface area contributed by atoms with Crippen LogP contribution in [0.3, 0.4) is 0 Å². The molecule has 3 aromatic heterocycles. The number of nitrogens with one attached hydrogen (secondary N) is 1. The molecule has 4 aromatic rings. The number of anilines is 1. The van der Waals surface area contributed by atoms with Crippen LogP contribution >= 0.6 is 23.2 Å². The van der Waals surface area contributed by atoms with Gasteiger partial charge in [-0.3, -0.25) is 4.79 Å². The van der Waals surface area contributed by atoms with E-state index in [9.17, 15) is 18.0 Å². The van der Waals surface area contributed by atoms with Crippen LogP contribution in [0.4, 0.5) is 18.9 Å². The lowest BCUT2D eigenvalue weighted by atomic mass is 9.88. The highest BCUT2D eigenvalue weighted by atomic mass is 35.5. The number of rotatable bonds is 2. The third-order valence-corrected chi connectivity index (χ3v) is 5.86. The van der Waals surface area contributed by atoms with Crippen LogP contribution in [0, 0.1) is 0 Å². The molecule has 1 N–H and O–H groups in total. The normalized spacial score (nSPS) is 13.0. The smallest absolute Gasteiger partial charge is 0.318 e. The van der Waals surface area contributed by atoms with Crippen LogP contribution in [0.1, 0.15) is 27.3 Å². The number of alkyl halides is 3. The highest BCUT2D eigenvalue weighted by Gasteiger charge is 2.41. The summed E-state index contributed by atoms with van der Waals surface area (Å²) in [6.45, 7) is 0. The molecule has 5 rings (SSSR count). The fourth-order valence-electron chi connectivity index (χ4n) is 3.84. The Labute approximate surface area is 189 Å². The molecular weight excluding hydrogens is 466 g/mol. The predicted octanol–water partition coefficient (Wildman–Crippen LogP) is 5.47. The molecule has 11 heteroatoms. The van der Waals surface area contributed by atoms with Gasteiger partial charge in [0.15, 0.2) is 22.2 Å². The summed E-state index contributed by atoms with van der Waals surface area (Å²) < 4.78 is 43.1. The van der Waals surface area contributed by atoms with Gasteiger partial charge in [0.2, 0.25) is 0 Å². The van der Waals surface area contributed by atoms with Gasteiger partial charge in [0.1, 0.15) is 5.02 Å². The van der Waals surface area contributed by atoms with Gasteiger partial charge in [-0.15, -0.1) is 0 Å². The zero-order chi connectivity index (χ0) is 22.6. The highest BCUT2D eigenvalue weighted by Crippen LogP contribution is 2.41. The molecule has 0 atom stereocenters. The number of fused-ring (bicyclic) bond motifs is 4. The number of benzene rings is 1. The Balaban J connectivity index is 1.72. The summed E-state index contributed by atoms with van der Waals surface area (Å²) >= 11 is 12.3. The quantitative estimate of drug-likeness (QED) is 0.388. The summed E-state index contributed by atoms with van der Waals surface area (Å²) in [5.74, 6) is -0.832. The van der Waals surface area contributed by atoms with Gasteiger partial charge in [-0.05, 0) is 30.5 Å². The first-order valence-corrected chi connectivity index (χ1v) is 10.2. The molecular formula is C21H12Cl2F3N5O. The maximum Gasteiger partial charge on any atom is 0.433 e. The molecule has 3 heterocycles. The maximum atomic E-state index is 14.2. The van der Waals surface area contributed by atoms with Crippen molar-refractivity contribution in [3.8, 4) is 11.3 Å². The summed E-state index contributed by atoms with van der Waals surface area (Å²) in [7, 11) is 0. The Morgan fingerprint density at radius 1 is 1.09 bits per heavy atom. The number of nitrogens with zero attached hydrogens (tertiary/aromatic N) is 4. The van der Waals surface area contributed by atoms with E-state index >= 15 is 0 Å². The van der Waals surface area contributed by atoms with Crippen molar-refractivity contribution in [1.82, 2.24) is 19.6 Å². The average molecular weight is 478 g/mol. The van der Waals surface area contributed by atoms with Crippen LogP contribution in [-0.4, -0.2) is 25.5 Å². The molecule has 0 fully saturated rings. The highest BCUT2D eigenvalue weighted by molar-refractivity contribution is 6.37. The molecule has 0 radical (unpaired) electrons. The third kappa shape index (κ3) is 3.28. The van der Waals surface area contributed by atoms with E-state index in [0.717, 1.165) is 5.56 Å². The minimum atomic E-state index is -4.74. The molecule has 0 aliphatic heterocycles. The Hall–Kier alpha value is -3.17. The minimum absolute atomic E-state index is 0.0157. The van der Waals surface area contributed by atoms with Gasteiger partial charge >= 0.3 is 6.18 Å². The second-order valence-corrected chi connectivity index (χ2v) is 7.87. The van der Waals surface area contributed by atoms with E-state index in [1.807, 2.05) is 12.1 Å². The Morgan fingerprint density at radius 3 is 2.62 bits per heavy atom. The SMILES string of the molecule is O=C(Nc1cccnc1Cl)c1nn2c(C(F)(F)F)c3c(nc2c1Cl)-c1ccccc1CC3. The van der Waals surface area contributed by atoms with E-state index in [2.05, 4.69) is 20.4 Å². The van der Waals surface area contributed by atoms with Crippen LogP contribution in [0.5, 0.6) is 0 Å². The summed E-state index contributed by atoms with van der Waals surface area (Å²) in [6, 6.07) is 10.2. The van der Waals surface area contributed by atoms with Gasteiger partial charge in [-0.2, -0.15) is 18.3 Å². The lowest BCUT2D eigenvalue weighted by Crippen LogP contribution is -2.21. The summed E-state index contributed by atoms with van der Waals surface area (Å²) in [4.78, 5) is 21.0. The number of carbonyl (C=O) groups is 1. The van der Waals surface area contributed by atoms with Crippen molar-refractivity contribution in [3.05, 3.63) is 75.3 Å².